The quantitative estimate of drug-likeness (QED) is 0.899. The second kappa shape index (κ2) is 7.09. The van der Waals surface area contributed by atoms with Crippen LogP contribution in [0.15, 0.2) is 42.5 Å². The van der Waals surface area contributed by atoms with E-state index in [2.05, 4.69) is 5.32 Å². The molecule has 0 heterocycles. The highest BCUT2D eigenvalue weighted by Gasteiger charge is 2.09. The van der Waals surface area contributed by atoms with Crippen LogP contribution < -0.4 is 10.1 Å². The van der Waals surface area contributed by atoms with E-state index in [1.807, 2.05) is 31.2 Å². The fraction of sp³-hybridized carbons (Fsp3) is 0.188. The van der Waals surface area contributed by atoms with Crippen molar-refractivity contribution in [3.8, 4) is 5.75 Å². The highest BCUT2D eigenvalue weighted by Crippen LogP contribution is 2.22. The van der Waals surface area contributed by atoms with E-state index in [0.29, 0.717) is 0 Å². The van der Waals surface area contributed by atoms with Gasteiger partial charge in [0.15, 0.2) is 5.82 Å². The predicted octanol–water partition coefficient (Wildman–Crippen LogP) is 4.20. The maximum Gasteiger partial charge on any atom is 0.227 e. The van der Waals surface area contributed by atoms with Crippen molar-refractivity contribution < 1.29 is 13.9 Å². The number of halogens is 2. The molecule has 0 spiro atoms. The van der Waals surface area contributed by atoms with Gasteiger partial charge in [-0.3, -0.25) is 4.79 Å². The first-order chi connectivity index (χ1) is 10.1. The van der Waals surface area contributed by atoms with Gasteiger partial charge in [-0.1, -0.05) is 35.9 Å². The zero-order valence-electron chi connectivity index (χ0n) is 11.5. The van der Waals surface area contributed by atoms with Crippen LogP contribution in [0.2, 0.25) is 5.02 Å². The van der Waals surface area contributed by atoms with Gasteiger partial charge in [0, 0.05) is 0 Å². The van der Waals surface area contributed by atoms with Crippen molar-refractivity contribution in [2.24, 2.45) is 0 Å². The van der Waals surface area contributed by atoms with E-state index >= 15 is 0 Å². The number of aryl methyl sites for hydroxylation is 1. The first-order valence-electron chi connectivity index (χ1n) is 6.50. The van der Waals surface area contributed by atoms with Crippen LogP contribution in [0.5, 0.6) is 5.75 Å². The monoisotopic (exact) mass is 307 g/mol. The number of carbonyl (C=O) groups excluding carboxylic acids is 1. The van der Waals surface area contributed by atoms with Gasteiger partial charge in [0.1, 0.15) is 5.75 Å². The van der Waals surface area contributed by atoms with E-state index < -0.39 is 5.82 Å². The third-order valence-corrected chi connectivity index (χ3v) is 3.20. The Morgan fingerprint density at radius 1 is 1.24 bits per heavy atom. The summed E-state index contributed by atoms with van der Waals surface area (Å²) in [5.41, 5.74) is 1.07. The summed E-state index contributed by atoms with van der Waals surface area (Å²) in [5.74, 6) is -0.226. The van der Waals surface area contributed by atoms with Crippen molar-refractivity contribution in [3.63, 3.8) is 0 Å². The average Bonchev–Trinajstić information content (AvgIpc) is 2.46. The Bertz CT molecular complexity index is 646. The number of amides is 1. The van der Waals surface area contributed by atoms with Gasteiger partial charge in [-0.15, -0.1) is 0 Å². The Hall–Kier alpha value is -2.07. The van der Waals surface area contributed by atoms with Gasteiger partial charge >= 0.3 is 0 Å². The molecule has 3 nitrogen and oxygen atoms in total. The Morgan fingerprint density at radius 2 is 2.00 bits per heavy atom. The van der Waals surface area contributed by atoms with Crippen LogP contribution in [0.4, 0.5) is 10.1 Å². The van der Waals surface area contributed by atoms with E-state index in [1.54, 1.807) is 6.07 Å². The number of carbonyl (C=O) groups is 1. The van der Waals surface area contributed by atoms with Crippen LogP contribution in [0.1, 0.15) is 12.0 Å². The zero-order chi connectivity index (χ0) is 15.2. The van der Waals surface area contributed by atoms with Crippen molar-refractivity contribution in [1.82, 2.24) is 0 Å². The van der Waals surface area contributed by atoms with Crippen molar-refractivity contribution in [3.05, 3.63) is 58.9 Å². The summed E-state index contributed by atoms with van der Waals surface area (Å²) in [4.78, 5) is 11.8. The standard InChI is InChI=1S/C16H15ClFNO2/c1-11-5-2-3-8-14(11)21-10-9-15(20)19-13-7-4-6-12(17)16(13)18/h2-8H,9-10H2,1H3,(H,19,20). The van der Waals surface area contributed by atoms with Crippen LogP contribution in [0, 0.1) is 12.7 Å². The Kier molecular flexibility index (Phi) is 5.17. The molecule has 0 unspecified atom stereocenters. The topological polar surface area (TPSA) is 38.3 Å². The second-order valence-electron chi connectivity index (χ2n) is 4.51. The molecule has 1 amide bonds. The molecule has 1 N–H and O–H groups in total. The molecule has 0 aliphatic heterocycles. The molecule has 0 radical (unpaired) electrons. The minimum Gasteiger partial charge on any atom is -0.493 e. The highest BCUT2D eigenvalue weighted by atomic mass is 35.5. The summed E-state index contributed by atoms with van der Waals surface area (Å²) in [6, 6.07) is 12.0. The minimum atomic E-state index is -0.632. The molecule has 0 bridgehead atoms. The first-order valence-corrected chi connectivity index (χ1v) is 6.88. The van der Waals surface area contributed by atoms with Crippen LogP contribution in [-0.2, 0) is 4.79 Å². The van der Waals surface area contributed by atoms with Crippen LogP contribution in [0.25, 0.3) is 0 Å². The molecule has 21 heavy (non-hydrogen) atoms. The molecule has 0 fully saturated rings. The van der Waals surface area contributed by atoms with Gasteiger partial charge in [-0.2, -0.15) is 0 Å². The number of hydrogen-bond acceptors (Lipinski definition) is 2. The fourth-order valence-corrected chi connectivity index (χ4v) is 1.96. The van der Waals surface area contributed by atoms with Gasteiger partial charge in [-0.25, -0.2) is 4.39 Å². The van der Waals surface area contributed by atoms with Gasteiger partial charge in [0.05, 0.1) is 23.7 Å². The van der Waals surface area contributed by atoms with Crippen molar-refractivity contribution in [2.75, 3.05) is 11.9 Å². The van der Waals surface area contributed by atoms with Crippen LogP contribution in [-0.4, -0.2) is 12.5 Å². The molecule has 2 aromatic carbocycles. The van der Waals surface area contributed by atoms with Gasteiger partial charge in [-0.05, 0) is 30.7 Å². The lowest BCUT2D eigenvalue weighted by atomic mass is 10.2. The summed E-state index contributed by atoms with van der Waals surface area (Å²) < 4.78 is 19.1. The van der Waals surface area contributed by atoms with Gasteiger partial charge in [0.25, 0.3) is 0 Å². The summed E-state index contributed by atoms with van der Waals surface area (Å²) in [6.07, 6.45) is 0.125. The molecule has 0 aliphatic carbocycles. The number of nitrogens with one attached hydrogen (secondary N) is 1. The first kappa shape index (κ1) is 15.3. The predicted molar refractivity (Wildman–Crippen MR) is 81.3 cm³/mol. The maximum absolute atomic E-state index is 13.6. The molecule has 5 heteroatoms. The van der Waals surface area contributed by atoms with Crippen molar-refractivity contribution >= 4 is 23.2 Å². The fourth-order valence-electron chi connectivity index (χ4n) is 1.79. The smallest absolute Gasteiger partial charge is 0.227 e. The van der Waals surface area contributed by atoms with E-state index in [1.165, 1.54) is 12.1 Å². The third-order valence-electron chi connectivity index (χ3n) is 2.91. The second-order valence-corrected chi connectivity index (χ2v) is 4.92. The number of hydrogen-bond donors (Lipinski definition) is 1. The van der Waals surface area contributed by atoms with Crippen LogP contribution in [0.3, 0.4) is 0 Å². The normalized spacial score (nSPS) is 10.2. The third kappa shape index (κ3) is 4.20. The summed E-state index contributed by atoms with van der Waals surface area (Å²) in [7, 11) is 0. The number of para-hydroxylation sites is 1. The van der Waals surface area contributed by atoms with Gasteiger partial charge in [0.2, 0.25) is 5.91 Å². The summed E-state index contributed by atoms with van der Waals surface area (Å²) in [5, 5.41) is 2.45. The Balaban J connectivity index is 1.85. The number of ether oxygens (including phenoxy) is 1. The number of anilines is 1. The molecule has 2 rings (SSSR count). The van der Waals surface area contributed by atoms with E-state index in [4.69, 9.17) is 16.3 Å². The lowest BCUT2D eigenvalue weighted by Gasteiger charge is -2.10. The lowest BCUT2D eigenvalue weighted by molar-refractivity contribution is -0.116. The number of rotatable bonds is 5. The molecule has 0 saturated heterocycles. The SMILES string of the molecule is Cc1ccccc1OCCC(=O)Nc1cccc(Cl)c1F. The summed E-state index contributed by atoms with van der Waals surface area (Å²) >= 11 is 5.65. The van der Waals surface area contributed by atoms with E-state index in [9.17, 15) is 9.18 Å². The van der Waals surface area contributed by atoms with Gasteiger partial charge < -0.3 is 10.1 Å². The van der Waals surface area contributed by atoms with Crippen LogP contribution >= 0.6 is 11.6 Å². The minimum absolute atomic E-state index is 0.0241. The zero-order valence-corrected chi connectivity index (χ0v) is 12.3. The Morgan fingerprint density at radius 3 is 2.76 bits per heavy atom. The van der Waals surface area contributed by atoms with Crippen molar-refractivity contribution in [1.29, 1.82) is 0 Å². The molecule has 0 atom stereocenters. The van der Waals surface area contributed by atoms with Crippen molar-refractivity contribution in [2.45, 2.75) is 13.3 Å². The summed E-state index contributed by atoms with van der Waals surface area (Å²) in [6.45, 7) is 2.15. The molecule has 0 aromatic heterocycles. The molecule has 110 valence electrons. The average molecular weight is 308 g/mol. The number of benzene rings is 2. The largest absolute Gasteiger partial charge is 0.493 e. The molecule has 0 saturated carbocycles. The molecular weight excluding hydrogens is 293 g/mol. The molecular formula is C16H15ClFNO2. The Labute approximate surface area is 127 Å². The van der Waals surface area contributed by atoms with E-state index in [-0.39, 0.29) is 29.6 Å². The van der Waals surface area contributed by atoms with E-state index in [0.717, 1.165) is 11.3 Å². The molecule has 0 aliphatic rings. The lowest BCUT2D eigenvalue weighted by Crippen LogP contribution is -2.16. The maximum atomic E-state index is 13.6. The molecule has 2 aromatic rings. The highest BCUT2D eigenvalue weighted by molar-refractivity contribution is 6.31.